The molecule has 2 N–H and O–H groups in total. The maximum absolute atomic E-state index is 13.7. The molecule has 0 radical (unpaired) electrons. The molecule has 0 spiro atoms. The van der Waals surface area contributed by atoms with E-state index in [9.17, 15) is 4.39 Å². The molecule has 0 atom stereocenters. The van der Waals surface area contributed by atoms with E-state index in [1.807, 2.05) is 0 Å². The third kappa shape index (κ3) is 2.05. The zero-order valence-corrected chi connectivity index (χ0v) is 10.9. The van der Waals surface area contributed by atoms with Crippen LogP contribution in [-0.4, -0.2) is 21.6 Å². The molecule has 0 amide bonds. The predicted octanol–water partition coefficient (Wildman–Crippen LogP) is 2.21. The fourth-order valence-corrected chi connectivity index (χ4v) is 2.07. The first-order valence-electron chi connectivity index (χ1n) is 6.09. The lowest BCUT2D eigenvalue weighted by Crippen LogP contribution is -2.07. The van der Waals surface area contributed by atoms with Crippen LogP contribution in [0, 0.1) is 5.82 Å². The highest BCUT2D eigenvalue weighted by atomic mass is 19.1. The van der Waals surface area contributed by atoms with Gasteiger partial charge in [0.1, 0.15) is 11.3 Å². The SMILES string of the molecule is COc1ccc2nc(N)n(Cc3ccccc3F)c2n1. The van der Waals surface area contributed by atoms with E-state index in [4.69, 9.17) is 10.5 Å². The number of rotatable bonds is 3. The molecule has 1 aromatic carbocycles. The fourth-order valence-electron chi connectivity index (χ4n) is 2.07. The number of hydrogen-bond acceptors (Lipinski definition) is 4. The Kier molecular flexibility index (Phi) is 2.98. The van der Waals surface area contributed by atoms with Crippen LogP contribution in [0.3, 0.4) is 0 Å². The van der Waals surface area contributed by atoms with Gasteiger partial charge in [-0.05, 0) is 12.1 Å². The molecular weight excluding hydrogens is 259 g/mol. The third-order valence-corrected chi connectivity index (χ3v) is 3.09. The average Bonchev–Trinajstić information content (AvgIpc) is 2.77. The number of aromatic nitrogens is 3. The second kappa shape index (κ2) is 4.80. The maximum atomic E-state index is 13.7. The number of hydrogen-bond donors (Lipinski definition) is 1. The Hall–Kier alpha value is -2.63. The van der Waals surface area contributed by atoms with Crippen molar-refractivity contribution in [1.29, 1.82) is 0 Å². The van der Waals surface area contributed by atoms with Gasteiger partial charge in [0.15, 0.2) is 5.65 Å². The number of nitrogens with two attached hydrogens (primary N) is 1. The van der Waals surface area contributed by atoms with Crippen molar-refractivity contribution in [3.05, 3.63) is 47.8 Å². The topological polar surface area (TPSA) is 66.0 Å². The first-order chi connectivity index (χ1) is 9.69. The Morgan fingerprint density at radius 3 is 2.75 bits per heavy atom. The normalized spacial score (nSPS) is 10.9. The van der Waals surface area contributed by atoms with Crippen molar-refractivity contribution in [2.45, 2.75) is 6.54 Å². The molecule has 2 heterocycles. The lowest BCUT2D eigenvalue weighted by Gasteiger charge is -2.07. The van der Waals surface area contributed by atoms with Crippen molar-refractivity contribution in [2.75, 3.05) is 12.8 Å². The van der Waals surface area contributed by atoms with E-state index in [2.05, 4.69) is 9.97 Å². The Bertz CT molecular complexity index is 769. The number of methoxy groups -OCH3 is 1. The number of ether oxygens (including phenoxy) is 1. The number of benzene rings is 1. The van der Waals surface area contributed by atoms with Gasteiger partial charge in [-0.25, -0.2) is 9.37 Å². The molecular formula is C14H13FN4O. The second-order valence-corrected chi connectivity index (χ2v) is 4.34. The van der Waals surface area contributed by atoms with Crippen molar-refractivity contribution in [2.24, 2.45) is 0 Å². The first-order valence-corrected chi connectivity index (χ1v) is 6.09. The van der Waals surface area contributed by atoms with E-state index in [0.29, 0.717) is 28.6 Å². The minimum Gasteiger partial charge on any atom is -0.481 e. The molecule has 20 heavy (non-hydrogen) atoms. The number of nitrogens with zero attached hydrogens (tertiary/aromatic N) is 3. The lowest BCUT2D eigenvalue weighted by molar-refractivity contribution is 0.399. The molecule has 0 fully saturated rings. The van der Waals surface area contributed by atoms with Gasteiger partial charge in [0.05, 0.1) is 13.7 Å². The number of pyridine rings is 1. The molecule has 6 heteroatoms. The summed E-state index contributed by atoms with van der Waals surface area (Å²) in [5.74, 6) is 0.479. The summed E-state index contributed by atoms with van der Waals surface area (Å²) in [7, 11) is 1.54. The third-order valence-electron chi connectivity index (χ3n) is 3.09. The van der Waals surface area contributed by atoms with Crippen LogP contribution in [0.4, 0.5) is 10.3 Å². The maximum Gasteiger partial charge on any atom is 0.215 e. The molecule has 3 aromatic rings. The minimum absolute atomic E-state index is 0.273. The Labute approximate surface area is 114 Å². The van der Waals surface area contributed by atoms with Gasteiger partial charge < -0.3 is 10.5 Å². The van der Waals surface area contributed by atoms with Crippen LogP contribution < -0.4 is 10.5 Å². The highest BCUT2D eigenvalue weighted by Crippen LogP contribution is 2.21. The van der Waals surface area contributed by atoms with Crippen molar-refractivity contribution in [3.63, 3.8) is 0 Å². The summed E-state index contributed by atoms with van der Waals surface area (Å²) < 4.78 is 20.5. The van der Waals surface area contributed by atoms with Crippen molar-refractivity contribution < 1.29 is 9.13 Å². The van der Waals surface area contributed by atoms with Gasteiger partial charge in [0, 0.05) is 11.6 Å². The van der Waals surface area contributed by atoms with Gasteiger partial charge in [0.25, 0.3) is 0 Å². The van der Waals surface area contributed by atoms with Crippen LogP contribution in [-0.2, 0) is 6.54 Å². The van der Waals surface area contributed by atoms with Gasteiger partial charge in [-0.1, -0.05) is 18.2 Å². The molecule has 0 unspecified atom stereocenters. The molecule has 0 saturated heterocycles. The van der Waals surface area contributed by atoms with Gasteiger partial charge in [0.2, 0.25) is 11.8 Å². The molecule has 3 rings (SSSR count). The number of fused-ring (bicyclic) bond motifs is 1. The summed E-state index contributed by atoms with van der Waals surface area (Å²) >= 11 is 0. The van der Waals surface area contributed by atoms with Crippen LogP contribution in [0.1, 0.15) is 5.56 Å². The number of nitrogen functional groups attached to an aromatic ring is 1. The van der Waals surface area contributed by atoms with E-state index >= 15 is 0 Å². The van der Waals surface area contributed by atoms with E-state index in [1.54, 1.807) is 34.9 Å². The predicted molar refractivity (Wildman–Crippen MR) is 74.0 cm³/mol. The van der Waals surface area contributed by atoms with Crippen molar-refractivity contribution in [1.82, 2.24) is 14.5 Å². The molecule has 5 nitrogen and oxygen atoms in total. The molecule has 0 aliphatic heterocycles. The summed E-state index contributed by atoms with van der Waals surface area (Å²) in [5, 5.41) is 0. The molecule has 0 saturated carbocycles. The van der Waals surface area contributed by atoms with Crippen LogP contribution in [0.5, 0.6) is 5.88 Å². The van der Waals surface area contributed by atoms with Crippen LogP contribution in [0.2, 0.25) is 0 Å². The lowest BCUT2D eigenvalue weighted by atomic mass is 10.2. The average molecular weight is 272 g/mol. The largest absolute Gasteiger partial charge is 0.481 e. The molecule has 102 valence electrons. The van der Waals surface area contributed by atoms with Crippen LogP contribution >= 0.6 is 0 Å². The van der Waals surface area contributed by atoms with Gasteiger partial charge in [-0.2, -0.15) is 4.98 Å². The summed E-state index contributed by atoms with van der Waals surface area (Å²) in [6.45, 7) is 0.273. The quantitative estimate of drug-likeness (QED) is 0.794. The standard InChI is InChI=1S/C14H13FN4O/c1-20-12-7-6-11-13(18-12)19(14(16)17-11)8-9-4-2-3-5-10(9)15/h2-7H,8H2,1H3,(H2,16,17). The van der Waals surface area contributed by atoms with Crippen molar-refractivity contribution >= 4 is 17.1 Å². The van der Waals surface area contributed by atoms with Gasteiger partial charge >= 0.3 is 0 Å². The number of halogens is 1. The van der Waals surface area contributed by atoms with E-state index in [0.717, 1.165) is 0 Å². The summed E-state index contributed by atoms with van der Waals surface area (Å²) in [6, 6.07) is 10.0. The number of imidazole rings is 1. The first kappa shape index (κ1) is 12.4. The Morgan fingerprint density at radius 2 is 2.00 bits per heavy atom. The van der Waals surface area contributed by atoms with Crippen LogP contribution in [0.25, 0.3) is 11.2 Å². The fraction of sp³-hybridized carbons (Fsp3) is 0.143. The minimum atomic E-state index is -0.281. The summed E-state index contributed by atoms with van der Waals surface area (Å²) in [4.78, 5) is 8.53. The Balaban J connectivity index is 2.11. The van der Waals surface area contributed by atoms with Gasteiger partial charge in [-0.15, -0.1) is 0 Å². The van der Waals surface area contributed by atoms with Crippen molar-refractivity contribution in [3.8, 4) is 5.88 Å². The van der Waals surface area contributed by atoms with E-state index in [-0.39, 0.29) is 12.4 Å². The van der Waals surface area contributed by atoms with Gasteiger partial charge in [-0.3, -0.25) is 4.57 Å². The molecule has 0 bridgehead atoms. The second-order valence-electron chi connectivity index (χ2n) is 4.34. The summed E-state index contributed by atoms with van der Waals surface area (Å²) in [6.07, 6.45) is 0. The number of anilines is 1. The smallest absolute Gasteiger partial charge is 0.215 e. The summed E-state index contributed by atoms with van der Waals surface area (Å²) in [5.41, 5.74) is 7.65. The molecule has 0 aliphatic rings. The zero-order chi connectivity index (χ0) is 14.1. The van der Waals surface area contributed by atoms with E-state index < -0.39 is 0 Å². The molecule has 2 aromatic heterocycles. The zero-order valence-electron chi connectivity index (χ0n) is 10.9. The van der Waals surface area contributed by atoms with E-state index in [1.165, 1.54) is 13.2 Å². The highest BCUT2D eigenvalue weighted by Gasteiger charge is 2.12. The monoisotopic (exact) mass is 272 g/mol. The van der Waals surface area contributed by atoms with Crippen LogP contribution in [0.15, 0.2) is 36.4 Å². The Morgan fingerprint density at radius 1 is 1.20 bits per heavy atom. The highest BCUT2D eigenvalue weighted by molar-refractivity contribution is 5.75. The molecule has 0 aliphatic carbocycles.